The lowest BCUT2D eigenvalue weighted by molar-refractivity contribution is -0.288. The molecule has 12 nitrogen and oxygen atoms in total. The molecule has 12 heteroatoms. The van der Waals surface area contributed by atoms with Crippen LogP contribution in [0.3, 0.4) is 0 Å². The Morgan fingerprint density at radius 1 is 0.775 bits per heavy atom. The van der Waals surface area contributed by atoms with Crippen LogP contribution in [0.4, 0.5) is 0 Å². The molecule has 210 valence electrons. The average Bonchev–Trinajstić information content (AvgIpc) is 3.05. The van der Waals surface area contributed by atoms with Crippen LogP contribution in [0.2, 0.25) is 0 Å². The van der Waals surface area contributed by atoms with Crippen LogP contribution < -0.4 is 4.74 Å². The van der Waals surface area contributed by atoms with E-state index in [1.54, 1.807) is 0 Å². The second-order valence-electron chi connectivity index (χ2n) is 8.25. The highest BCUT2D eigenvalue weighted by atomic mass is 16.7. The standard InChI is InChI=1S/C28H27NO11/c1-15(30)35-14-23-25(36-16(2)31)26(37-17(3)32)27(38-18(4)33)28(40-23)39-22-11-9-21(10-12-22)24(34)20-7-5-19(13-29)6-8-20/h5-12,23,25-28H,14H2,1-4H3/t23-,25+,26+,27-,28?/m1/s1/i1D,2D,3D,4D. The molecular formula is C28H27NO11. The molecule has 1 saturated heterocycles. The molecule has 1 heterocycles. The molecule has 3 rings (SSSR count). The Bertz CT molecular complexity index is 1380. The van der Waals surface area contributed by atoms with Gasteiger partial charge in [-0.25, -0.2) is 0 Å². The van der Waals surface area contributed by atoms with E-state index < -0.39 is 88.8 Å². The minimum absolute atomic E-state index is 0.0624. The highest BCUT2D eigenvalue weighted by molar-refractivity contribution is 6.09. The van der Waals surface area contributed by atoms with Gasteiger partial charge in [0, 0.05) is 44.2 Å². The normalized spacial score (nSPS) is 23.0. The number of nitrogens with zero attached hydrogens (tertiary/aromatic N) is 1. The van der Waals surface area contributed by atoms with Gasteiger partial charge in [-0.05, 0) is 48.5 Å². The molecule has 40 heavy (non-hydrogen) atoms. The molecule has 1 aliphatic rings. The molecule has 0 spiro atoms. The molecule has 1 unspecified atom stereocenters. The van der Waals surface area contributed by atoms with E-state index in [1.807, 2.05) is 6.07 Å². The number of ether oxygens (including phenoxy) is 6. The first kappa shape index (κ1) is 24.3. The molecule has 5 atom stereocenters. The topological polar surface area (TPSA) is 165 Å². The van der Waals surface area contributed by atoms with Crippen LogP contribution >= 0.6 is 0 Å². The van der Waals surface area contributed by atoms with Gasteiger partial charge in [-0.2, -0.15) is 5.26 Å². The monoisotopic (exact) mass is 557 g/mol. The van der Waals surface area contributed by atoms with E-state index in [9.17, 15) is 24.0 Å². The highest BCUT2D eigenvalue weighted by Crippen LogP contribution is 2.31. The van der Waals surface area contributed by atoms with E-state index in [1.165, 1.54) is 48.5 Å². The first-order valence-electron chi connectivity index (χ1n) is 14.3. The molecule has 2 aromatic carbocycles. The Labute approximate surface area is 235 Å². The third kappa shape index (κ3) is 7.87. The van der Waals surface area contributed by atoms with Crippen molar-refractivity contribution in [3.63, 3.8) is 0 Å². The maximum Gasteiger partial charge on any atom is 0.303 e. The summed E-state index contributed by atoms with van der Waals surface area (Å²) in [5, 5.41) is 8.96. The number of carbonyl (C=O) groups excluding carboxylic acids is 5. The van der Waals surface area contributed by atoms with Gasteiger partial charge in [0.1, 0.15) is 18.5 Å². The number of rotatable bonds is 9. The molecule has 0 amide bonds. The van der Waals surface area contributed by atoms with Gasteiger partial charge in [0.15, 0.2) is 18.0 Å². The number of carbonyl (C=O) groups is 5. The summed E-state index contributed by atoms with van der Waals surface area (Å²) < 4.78 is 61.7. The van der Waals surface area contributed by atoms with Crippen LogP contribution in [0.25, 0.3) is 0 Å². The van der Waals surface area contributed by atoms with Crippen molar-refractivity contribution in [1.82, 2.24) is 0 Å². The molecule has 1 fully saturated rings. The molecule has 0 bridgehead atoms. The second-order valence-corrected chi connectivity index (χ2v) is 8.25. The fourth-order valence-corrected chi connectivity index (χ4v) is 3.82. The quantitative estimate of drug-likeness (QED) is 0.251. The molecule has 0 N–H and O–H groups in total. The molecular weight excluding hydrogens is 526 g/mol. The zero-order valence-electron chi connectivity index (χ0n) is 25.0. The van der Waals surface area contributed by atoms with Crippen LogP contribution in [0.1, 0.15) is 54.6 Å². The number of hydrogen-bond acceptors (Lipinski definition) is 12. The van der Waals surface area contributed by atoms with E-state index >= 15 is 0 Å². The van der Waals surface area contributed by atoms with Gasteiger partial charge < -0.3 is 28.4 Å². The van der Waals surface area contributed by atoms with Gasteiger partial charge >= 0.3 is 23.9 Å². The Balaban J connectivity index is 1.95. The Hall–Kier alpha value is -4.76. The first-order chi connectivity index (χ1) is 21.1. The average molecular weight is 558 g/mol. The van der Waals surface area contributed by atoms with Gasteiger partial charge in [0.05, 0.1) is 11.6 Å². The van der Waals surface area contributed by atoms with E-state index in [0.29, 0.717) is 11.1 Å². The summed E-state index contributed by atoms with van der Waals surface area (Å²) in [6.45, 7) is -4.00. The minimum Gasteiger partial charge on any atom is -0.463 e. The summed E-state index contributed by atoms with van der Waals surface area (Å²) >= 11 is 0. The van der Waals surface area contributed by atoms with Crippen molar-refractivity contribution in [3.8, 4) is 11.8 Å². The highest BCUT2D eigenvalue weighted by Gasteiger charge is 2.53. The fraction of sp³-hybridized carbons (Fsp3) is 0.357. The summed E-state index contributed by atoms with van der Waals surface area (Å²) in [7, 11) is 0. The minimum atomic E-state index is -1.70. The lowest BCUT2D eigenvalue weighted by Crippen LogP contribution is -2.63. The lowest BCUT2D eigenvalue weighted by Gasteiger charge is -2.43. The number of benzene rings is 2. The fourth-order valence-electron chi connectivity index (χ4n) is 3.82. The smallest absolute Gasteiger partial charge is 0.303 e. The Kier molecular flexibility index (Phi) is 8.11. The molecule has 0 aromatic heterocycles. The van der Waals surface area contributed by atoms with Crippen molar-refractivity contribution in [1.29, 1.82) is 5.26 Å². The van der Waals surface area contributed by atoms with Crippen molar-refractivity contribution in [2.24, 2.45) is 0 Å². The van der Waals surface area contributed by atoms with E-state index in [2.05, 4.69) is 0 Å². The van der Waals surface area contributed by atoms with Crippen LogP contribution in [0.5, 0.6) is 5.75 Å². The van der Waals surface area contributed by atoms with Crippen LogP contribution in [0, 0.1) is 11.3 Å². The Morgan fingerprint density at radius 3 is 1.85 bits per heavy atom. The summed E-state index contributed by atoms with van der Waals surface area (Å²) in [6.07, 6.45) is -8.08. The third-order valence-corrected chi connectivity index (χ3v) is 5.45. The van der Waals surface area contributed by atoms with Crippen molar-refractivity contribution in [3.05, 3.63) is 65.2 Å². The summed E-state index contributed by atoms with van der Waals surface area (Å²) in [5.74, 6) is -4.59. The SMILES string of the molecule is [2H]CC(=O)OC[C@H]1OC(Oc2ccc(C(=O)c3ccc(C#N)cc3)cc2)[C@H](OC(=O)C[2H])[C@@H](OC(=O)C[2H])[C@H]1OC(=O)C[2H]. The maximum absolute atomic E-state index is 12.9. The number of nitriles is 1. The van der Waals surface area contributed by atoms with Gasteiger partial charge in [-0.15, -0.1) is 0 Å². The first-order valence-corrected chi connectivity index (χ1v) is 11.5. The molecule has 0 saturated carbocycles. The van der Waals surface area contributed by atoms with Crippen LogP contribution in [-0.4, -0.2) is 67.0 Å². The lowest BCUT2D eigenvalue weighted by atomic mass is 9.98. The van der Waals surface area contributed by atoms with Gasteiger partial charge in [0.25, 0.3) is 0 Å². The number of ketones is 1. The third-order valence-electron chi connectivity index (χ3n) is 5.45. The summed E-state index contributed by atoms with van der Waals surface area (Å²) in [4.78, 5) is 61.1. The van der Waals surface area contributed by atoms with Gasteiger partial charge in [-0.1, -0.05) is 0 Å². The maximum atomic E-state index is 12.9. The number of esters is 4. The largest absolute Gasteiger partial charge is 0.463 e. The van der Waals surface area contributed by atoms with Gasteiger partial charge in [0.2, 0.25) is 12.4 Å². The summed E-state index contributed by atoms with van der Waals surface area (Å²) in [5.41, 5.74) is 0.969. The van der Waals surface area contributed by atoms with Crippen LogP contribution in [-0.2, 0) is 42.9 Å². The van der Waals surface area contributed by atoms with E-state index in [0.717, 1.165) is 0 Å². The van der Waals surface area contributed by atoms with Crippen molar-refractivity contribution < 1.29 is 57.9 Å². The zero-order valence-corrected chi connectivity index (χ0v) is 21.0. The van der Waals surface area contributed by atoms with Crippen LogP contribution in [0.15, 0.2) is 48.5 Å². The molecule has 2 aromatic rings. The second kappa shape index (κ2) is 13.3. The van der Waals surface area contributed by atoms with E-state index in [-0.39, 0.29) is 17.1 Å². The number of hydrogen-bond donors (Lipinski definition) is 0. The van der Waals surface area contributed by atoms with Crippen molar-refractivity contribution in [2.75, 3.05) is 6.61 Å². The predicted molar refractivity (Wildman–Crippen MR) is 134 cm³/mol. The zero-order chi connectivity index (χ0) is 32.2. The van der Waals surface area contributed by atoms with Crippen molar-refractivity contribution >= 4 is 29.7 Å². The van der Waals surface area contributed by atoms with Gasteiger partial charge in [-0.3, -0.25) is 24.0 Å². The van der Waals surface area contributed by atoms with Crippen molar-refractivity contribution in [2.45, 2.75) is 58.3 Å². The molecule has 0 radical (unpaired) electrons. The van der Waals surface area contributed by atoms with E-state index in [4.69, 9.17) is 39.2 Å². The Morgan fingerprint density at radius 2 is 1.30 bits per heavy atom. The molecule has 1 aliphatic heterocycles. The predicted octanol–water partition coefficient (Wildman–Crippen LogP) is 2.25. The molecule has 0 aliphatic carbocycles. The summed E-state index contributed by atoms with van der Waals surface area (Å²) in [6, 6.07) is 13.6.